The van der Waals surface area contributed by atoms with E-state index in [4.69, 9.17) is 0 Å². The molecule has 0 unspecified atom stereocenters. The van der Waals surface area contributed by atoms with Crippen LogP contribution in [0.2, 0.25) is 0 Å². The second-order valence-corrected chi connectivity index (χ2v) is 8.68. The number of imidazole rings is 1. The van der Waals surface area contributed by atoms with Gasteiger partial charge in [0.25, 0.3) is 5.91 Å². The third kappa shape index (κ3) is 4.83. The van der Waals surface area contributed by atoms with Crippen LogP contribution in [0.5, 0.6) is 0 Å². The summed E-state index contributed by atoms with van der Waals surface area (Å²) in [5, 5.41) is 5.78. The molecule has 0 bridgehead atoms. The van der Waals surface area contributed by atoms with Gasteiger partial charge >= 0.3 is 0 Å². The minimum absolute atomic E-state index is 0.0997. The van der Waals surface area contributed by atoms with Crippen molar-refractivity contribution >= 4 is 34.2 Å². The predicted molar refractivity (Wildman–Crippen MR) is 131 cm³/mol. The van der Waals surface area contributed by atoms with E-state index in [1.54, 1.807) is 18.2 Å². The zero-order chi connectivity index (χ0) is 23.5. The Hall–Kier alpha value is -4.00. The number of rotatable bonds is 5. The number of fused-ring (bicyclic) bond motifs is 1. The SMILES string of the molecule is O=C(Nc1ccc(F)cc1)c1ccc2nc(-c3ccc(NC(=O)C4CCCCC4)cc3)[nH]c2c1. The van der Waals surface area contributed by atoms with Gasteiger partial charge in [0.2, 0.25) is 5.91 Å². The summed E-state index contributed by atoms with van der Waals surface area (Å²) in [6, 6.07) is 18.4. The molecule has 4 aromatic rings. The van der Waals surface area contributed by atoms with E-state index in [1.165, 1.54) is 30.7 Å². The van der Waals surface area contributed by atoms with Crippen molar-refractivity contribution in [2.24, 2.45) is 5.92 Å². The molecular weight excluding hydrogens is 431 g/mol. The Morgan fingerprint density at radius 3 is 2.26 bits per heavy atom. The van der Waals surface area contributed by atoms with Crippen LogP contribution in [-0.4, -0.2) is 21.8 Å². The van der Waals surface area contributed by atoms with Crippen molar-refractivity contribution in [3.63, 3.8) is 0 Å². The highest BCUT2D eigenvalue weighted by molar-refractivity contribution is 6.06. The van der Waals surface area contributed by atoms with Gasteiger partial charge in [-0.3, -0.25) is 9.59 Å². The van der Waals surface area contributed by atoms with Gasteiger partial charge in [0, 0.05) is 28.4 Å². The number of carbonyl (C=O) groups is 2. The topological polar surface area (TPSA) is 86.9 Å². The molecule has 1 aliphatic carbocycles. The minimum Gasteiger partial charge on any atom is -0.338 e. The van der Waals surface area contributed by atoms with Crippen molar-refractivity contribution in [3.05, 3.63) is 78.1 Å². The van der Waals surface area contributed by atoms with E-state index in [0.717, 1.165) is 48.0 Å². The molecule has 1 fully saturated rings. The lowest BCUT2D eigenvalue weighted by Crippen LogP contribution is -2.24. The van der Waals surface area contributed by atoms with E-state index in [-0.39, 0.29) is 23.5 Å². The first-order chi connectivity index (χ1) is 16.5. The highest BCUT2D eigenvalue weighted by Gasteiger charge is 2.21. The van der Waals surface area contributed by atoms with E-state index in [1.807, 2.05) is 24.3 Å². The maximum atomic E-state index is 13.1. The molecule has 1 saturated carbocycles. The Morgan fingerprint density at radius 2 is 1.53 bits per heavy atom. The molecule has 34 heavy (non-hydrogen) atoms. The smallest absolute Gasteiger partial charge is 0.255 e. The summed E-state index contributed by atoms with van der Waals surface area (Å²) in [4.78, 5) is 33.0. The van der Waals surface area contributed by atoms with Crippen molar-refractivity contribution in [1.82, 2.24) is 9.97 Å². The predicted octanol–water partition coefficient (Wildman–Crippen LogP) is 6.14. The van der Waals surface area contributed by atoms with Gasteiger partial charge < -0.3 is 15.6 Å². The fraction of sp³-hybridized carbons (Fsp3) is 0.222. The van der Waals surface area contributed by atoms with Crippen LogP contribution in [0.15, 0.2) is 66.7 Å². The third-order valence-electron chi connectivity index (χ3n) is 6.25. The largest absolute Gasteiger partial charge is 0.338 e. The quantitative estimate of drug-likeness (QED) is 0.337. The first-order valence-electron chi connectivity index (χ1n) is 11.5. The van der Waals surface area contributed by atoms with Gasteiger partial charge in [-0.2, -0.15) is 0 Å². The molecule has 0 radical (unpaired) electrons. The van der Waals surface area contributed by atoms with E-state index in [0.29, 0.717) is 17.1 Å². The lowest BCUT2D eigenvalue weighted by atomic mass is 9.88. The minimum atomic E-state index is -0.357. The zero-order valence-electron chi connectivity index (χ0n) is 18.6. The van der Waals surface area contributed by atoms with Crippen LogP contribution in [0.1, 0.15) is 42.5 Å². The molecule has 1 aliphatic rings. The molecule has 3 N–H and O–H groups in total. The second-order valence-electron chi connectivity index (χ2n) is 8.68. The molecule has 1 heterocycles. The summed E-state index contributed by atoms with van der Waals surface area (Å²) in [5.74, 6) is 0.240. The first kappa shape index (κ1) is 21.8. The molecule has 172 valence electrons. The number of hydrogen-bond acceptors (Lipinski definition) is 3. The van der Waals surface area contributed by atoms with Gasteiger partial charge in [-0.15, -0.1) is 0 Å². The lowest BCUT2D eigenvalue weighted by molar-refractivity contribution is -0.120. The number of carbonyl (C=O) groups excluding carboxylic acids is 2. The molecule has 0 saturated heterocycles. The number of nitrogens with zero attached hydrogens (tertiary/aromatic N) is 1. The molecule has 0 atom stereocenters. The number of benzene rings is 3. The van der Waals surface area contributed by atoms with Gasteiger partial charge in [0.05, 0.1) is 11.0 Å². The van der Waals surface area contributed by atoms with Crippen LogP contribution in [0.25, 0.3) is 22.4 Å². The van der Waals surface area contributed by atoms with Crippen LogP contribution < -0.4 is 10.6 Å². The second kappa shape index (κ2) is 9.47. The Kier molecular flexibility index (Phi) is 6.08. The number of hydrogen-bond donors (Lipinski definition) is 3. The van der Waals surface area contributed by atoms with Gasteiger partial charge in [0.1, 0.15) is 11.6 Å². The van der Waals surface area contributed by atoms with Crippen LogP contribution in [0.4, 0.5) is 15.8 Å². The molecule has 5 rings (SSSR count). The molecule has 6 nitrogen and oxygen atoms in total. The average molecular weight is 457 g/mol. The molecule has 0 aliphatic heterocycles. The fourth-order valence-corrected chi connectivity index (χ4v) is 4.34. The molecule has 0 spiro atoms. The normalized spacial score (nSPS) is 14.1. The number of anilines is 2. The molecule has 1 aromatic heterocycles. The van der Waals surface area contributed by atoms with Crippen LogP contribution in [-0.2, 0) is 4.79 Å². The summed E-state index contributed by atoms with van der Waals surface area (Å²) in [6.07, 6.45) is 5.40. The number of amides is 2. The number of H-pyrrole nitrogens is 1. The van der Waals surface area contributed by atoms with Crippen molar-refractivity contribution in [2.45, 2.75) is 32.1 Å². The van der Waals surface area contributed by atoms with Gasteiger partial charge in [-0.1, -0.05) is 19.3 Å². The van der Waals surface area contributed by atoms with E-state index >= 15 is 0 Å². The van der Waals surface area contributed by atoms with Crippen LogP contribution >= 0.6 is 0 Å². The molecule has 2 amide bonds. The molecular formula is C27H25FN4O2. The van der Waals surface area contributed by atoms with E-state index in [9.17, 15) is 14.0 Å². The molecule has 7 heteroatoms. The van der Waals surface area contributed by atoms with Gasteiger partial charge in [0.15, 0.2) is 0 Å². The zero-order valence-corrected chi connectivity index (χ0v) is 18.6. The number of aromatic amines is 1. The Labute approximate surface area is 196 Å². The van der Waals surface area contributed by atoms with Crippen LogP contribution in [0.3, 0.4) is 0 Å². The van der Waals surface area contributed by atoms with Gasteiger partial charge in [-0.05, 0) is 79.6 Å². The Bertz CT molecular complexity index is 1320. The first-order valence-corrected chi connectivity index (χ1v) is 11.5. The summed E-state index contributed by atoms with van der Waals surface area (Å²) < 4.78 is 13.1. The van der Waals surface area contributed by atoms with Crippen molar-refractivity contribution in [1.29, 1.82) is 0 Å². The molecule has 3 aromatic carbocycles. The monoisotopic (exact) mass is 456 g/mol. The maximum Gasteiger partial charge on any atom is 0.255 e. The van der Waals surface area contributed by atoms with Gasteiger partial charge in [-0.25, -0.2) is 9.37 Å². The fourth-order valence-electron chi connectivity index (χ4n) is 4.34. The Balaban J connectivity index is 1.28. The summed E-state index contributed by atoms with van der Waals surface area (Å²) in [5.41, 5.74) is 4.11. The average Bonchev–Trinajstić information content (AvgIpc) is 3.30. The van der Waals surface area contributed by atoms with Crippen molar-refractivity contribution < 1.29 is 14.0 Å². The number of aromatic nitrogens is 2. The standard InChI is InChI=1S/C27H25FN4O2/c28-20-9-13-22(14-10-20)30-27(34)19-8-15-23-24(16-19)32-25(31-23)17-6-11-21(12-7-17)29-26(33)18-4-2-1-3-5-18/h6-16,18H,1-5H2,(H,29,33)(H,30,34)(H,31,32). The Morgan fingerprint density at radius 1 is 0.853 bits per heavy atom. The summed E-state index contributed by atoms with van der Waals surface area (Å²) in [6.45, 7) is 0. The third-order valence-corrected chi connectivity index (χ3v) is 6.25. The lowest BCUT2D eigenvalue weighted by Gasteiger charge is -2.20. The van der Waals surface area contributed by atoms with Crippen LogP contribution in [0, 0.1) is 11.7 Å². The highest BCUT2D eigenvalue weighted by Crippen LogP contribution is 2.26. The van der Waals surface area contributed by atoms with E-state index in [2.05, 4.69) is 20.6 Å². The van der Waals surface area contributed by atoms with Crippen molar-refractivity contribution in [3.8, 4) is 11.4 Å². The summed E-state index contributed by atoms with van der Waals surface area (Å²) >= 11 is 0. The van der Waals surface area contributed by atoms with Crippen molar-refractivity contribution in [2.75, 3.05) is 10.6 Å². The van der Waals surface area contributed by atoms with E-state index < -0.39 is 0 Å². The highest BCUT2D eigenvalue weighted by atomic mass is 19.1. The maximum absolute atomic E-state index is 13.1. The summed E-state index contributed by atoms with van der Waals surface area (Å²) in [7, 11) is 0. The number of halogens is 1. The number of nitrogens with one attached hydrogen (secondary N) is 3.